The molecule has 0 bridgehead atoms. The lowest BCUT2D eigenvalue weighted by atomic mass is 10.1. The molecule has 0 fully saturated rings. The van der Waals surface area contributed by atoms with Crippen LogP contribution in [0.2, 0.25) is 0 Å². The highest BCUT2D eigenvalue weighted by Crippen LogP contribution is 2.17. The second-order valence-electron chi connectivity index (χ2n) is 2.47. The molecule has 0 spiro atoms. The van der Waals surface area contributed by atoms with Crippen LogP contribution in [0, 0.1) is 0 Å². The number of rotatable bonds is 3. The molecule has 0 heterocycles. The third-order valence-electron chi connectivity index (χ3n) is 1.79. The Morgan fingerprint density at radius 1 is 1.36 bits per heavy atom. The van der Waals surface area contributed by atoms with Gasteiger partial charge in [0.1, 0.15) is 12.5 Å². The van der Waals surface area contributed by atoms with Gasteiger partial charge in [-0.3, -0.25) is 0 Å². The monoisotopic (exact) mass is 160 g/mol. The predicted molar refractivity (Wildman–Crippen MR) is 43.8 cm³/mol. The summed E-state index contributed by atoms with van der Waals surface area (Å²) in [5, 5.41) is 0. The number of allylic oxidation sites excluding steroid dienone is 4. The summed E-state index contributed by atoms with van der Waals surface area (Å²) in [4.78, 5) is 0. The Kier molecular flexibility index (Phi) is 4.75. The molecular weight excluding hydrogens is 146 g/mol. The molecule has 0 atom stereocenters. The summed E-state index contributed by atoms with van der Waals surface area (Å²) in [7, 11) is 0. The van der Waals surface area contributed by atoms with Gasteiger partial charge in [-0.15, -0.1) is 0 Å². The molecule has 0 aliphatic rings. The van der Waals surface area contributed by atoms with Crippen LogP contribution in [0.5, 0.6) is 0 Å². The van der Waals surface area contributed by atoms with Crippen LogP contribution < -0.4 is 0 Å². The molecule has 0 unspecified atom stereocenters. The van der Waals surface area contributed by atoms with Crippen LogP contribution in [0.3, 0.4) is 0 Å². The second kappa shape index (κ2) is 5.05. The van der Waals surface area contributed by atoms with Crippen molar-refractivity contribution in [2.45, 2.75) is 27.2 Å². The highest BCUT2D eigenvalue weighted by molar-refractivity contribution is 5.27. The zero-order valence-electron chi connectivity index (χ0n) is 7.25. The second-order valence-corrected chi connectivity index (χ2v) is 2.47. The van der Waals surface area contributed by atoms with Gasteiger partial charge >= 0.3 is 0 Å². The number of alkyl halides is 1. The smallest absolute Gasteiger partial charge is 0.124 e. The highest BCUT2D eigenvalue weighted by atomic mass is 19.1. The fourth-order valence-corrected chi connectivity index (χ4v) is 0.690. The molecule has 0 aromatic carbocycles. The Bertz CT molecular complexity index is 178. The molecule has 0 nitrogen and oxygen atoms in total. The van der Waals surface area contributed by atoms with E-state index in [0.717, 1.165) is 18.1 Å². The van der Waals surface area contributed by atoms with E-state index in [1.165, 1.54) is 0 Å². The van der Waals surface area contributed by atoms with Crippen molar-refractivity contribution in [3.63, 3.8) is 0 Å². The van der Waals surface area contributed by atoms with Gasteiger partial charge in [-0.2, -0.15) is 0 Å². The van der Waals surface area contributed by atoms with Crippen LogP contribution in [-0.4, -0.2) is 6.67 Å². The standard InChI is InChI=1S/C9H14F2/c1-4-7(2)8(3)9(11)5-6-10/h5H,4,6H2,1-3H3/b8-7-,9-5+. The van der Waals surface area contributed by atoms with E-state index in [1.54, 1.807) is 6.92 Å². The molecule has 11 heavy (non-hydrogen) atoms. The average Bonchev–Trinajstić information content (AvgIpc) is 2.02. The molecule has 0 radical (unpaired) electrons. The first-order valence-electron chi connectivity index (χ1n) is 3.71. The summed E-state index contributed by atoms with van der Waals surface area (Å²) in [6.07, 6.45) is 1.76. The molecule has 0 saturated heterocycles. The van der Waals surface area contributed by atoms with Crippen LogP contribution in [0.25, 0.3) is 0 Å². The summed E-state index contributed by atoms with van der Waals surface area (Å²) in [5.74, 6) is -0.438. The fraction of sp³-hybridized carbons (Fsp3) is 0.556. The Hall–Kier alpha value is -0.660. The summed E-state index contributed by atoms with van der Waals surface area (Å²) < 4.78 is 24.4. The quantitative estimate of drug-likeness (QED) is 0.554. The minimum absolute atomic E-state index is 0.438. The predicted octanol–water partition coefficient (Wildman–Crippen LogP) is 3.56. The first kappa shape index (κ1) is 10.3. The Labute approximate surface area is 66.6 Å². The molecule has 0 saturated carbocycles. The third-order valence-corrected chi connectivity index (χ3v) is 1.79. The van der Waals surface area contributed by atoms with Crippen molar-refractivity contribution in [1.29, 1.82) is 0 Å². The van der Waals surface area contributed by atoms with Crippen LogP contribution in [-0.2, 0) is 0 Å². The van der Waals surface area contributed by atoms with Gasteiger partial charge in [0, 0.05) is 0 Å². The van der Waals surface area contributed by atoms with Crippen molar-refractivity contribution in [3.8, 4) is 0 Å². The summed E-state index contributed by atoms with van der Waals surface area (Å²) in [6.45, 7) is 4.73. The molecule has 0 aromatic rings. The molecule has 0 N–H and O–H groups in total. The van der Waals surface area contributed by atoms with E-state index in [4.69, 9.17) is 0 Å². The van der Waals surface area contributed by atoms with E-state index in [0.29, 0.717) is 5.57 Å². The number of hydrogen-bond acceptors (Lipinski definition) is 0. The molecule has 0 aliphatic carbocycles. The topological polar surface area (TPSA) is 0 Å². The van der Waals surface area contributed by atoms with Crippen LogP contribution >= 0.6 is 0 Å². The van der Waals surface area contributed by atoms with E-state index < -0.39 is 12.5 Å². The van der Waals surface area contributed by atoms with Gasteiger partial charge in [-0.05, 0) is 31.9 Å². The number of hydrogen-bond donors (Lipinski definition) is 0. The molecule has 2 heteroatoms. The Balaban J connectivity index is 4.46. The van der Waals surface area contributed by atoms with Gasteiger partial charge in [0.2, 0.25) is 0 Å². The molecule has 0 amide bonds. The van der Waals surface area contributed by atoms with Crippen molar-refractivity contribution in [3.05, 3.63) is 23.0 Å². The number of halogens is 2. The average molecular weight is 160 g/mol. The summed E-state index contributed by atoms with van der Waals surface area (Å²) >= 11 is 0. The van der Waals surface area contributed by atoms with Gasteiger partial charge in [0.25, 0.3) is 0 Å². The van der Waals surface area contributed by atoms with E-state index in [1.807, 2.05) is 13.8 Å². The Morgan fingerprint density at radius 2 is 1.91 bits per heavy atom. The lowest BCUT2D eigenvalue weighted by Crippen LogP contribution is -1.84. The normalized spacial score (nSPS) is 14.8. The Morgan fingerprint density at radius 3 is 2.27 bits per heavy atom. The summed E-state index contributed by atoms with van der Waals surface area (Å²) in [5.41, 5.74) is 1.53. The molecule has 0 rings (SSSR count). The van der Waals surface area contributed by atoms with Gasteiger partial charge in [-0.25, -0.2) is 8.78 Å². The lowest BCUT2D eigenvalue weighted by molar-refractivity contribution is 0.544. The van der Waals surface area contributed by atoms with E-state index in [2.05, 4.69) is 0 Å². The van der Waals surface area contributed by atoms with Crippen molar-refractivity contribution < 1.29 is 8.78 Å². The zero-order valence-corrected chi connectivity index (χ0v) is 7.25. The highest BCUT2D eigenvalue weighted by Gasteiger charge is 2.00. The maximum absolute atomic E-state index is 12.8. The van der Waals surface area contributed by atoms with Crippen LogP contribution in [0.1, 0.15) is 27.2 Å². The van der Waals surface area contributed by atoms with Crippen molar-refractivity contribution >= 4 is 0 Å². The minimum atomic E-state index is -0.736. The van der Waals surface area contributed by atoms with Gasteiger partial charge in [-0.1, -0.05) is 12.5 Å². The molecule has 0 aliphatic heterocycles. The zero-order chi connectivity index (χ0) is 8.85. The SMILES string of the molecule is CC/C(C)=C(C)\C(F)=C/CF. The third kappa shape index (κ3) is 3.30. The largest absolute Gasteiger partial charge is 0.246 e. The van der Waals surface area contributed by atoms with E-state index in [-0.39, 0.29) is 0 Å². The maximum Gasteiger partial charge on any atom is 0.124 e. The first-order valence-corrected chi connectivity index (χ1v) is 3.71. The molecule has 64 valence electrons. The van der Waals surface area contributed by atoms with E-state index >= 15 is 0 Å². The molecule has 0 aromatic heterocycles. The van der Waals surface area contributed by atoms with Gasteiger partial charge < -0.3 is 0 Å². The fourth-order valence-electron chi connectivity index (χ4n) is 0.690. The minimum Gasteiger partial charge on any atom is -0.246 e. The van der Waals surface area contributed by atoms with Gasteiger partial charge in [0.05, 0.1) is 0 Å². The van der Waals surface area contributed by atoms with Crippen LogP contribution in [0.15, 0.2) is 23.0 Å². The van der Waals surface area contributed by atoms with Crippen molar-refractivity contribution in [2.24, 2.45) is 0 Å². The van der Waals surface area contributed by atoms with Crippen molar-refractivity contribution in [2.75, 3.05) is 6.67 Å². The van der Waals surface area contributed by atoms with Crippen molar-refractivity contribution in [1.82, 2.24) is 0 Å². The maximum atomic E-state index is 12.8. The van der Waals surface area contributed by atoms with Gasteiger partial charge in [0.15, 0.2) is 0 Å². The molecular formula is C9H14F2. The summed E-state index contributed by atoms with van der Waals surface area (Å²) in [6, 6.07) is 0. The van der Waals surface area contributed by atoms with Crippen LogP contribution in [0.4, 0.5) is 8.78 Å². The first-order chi connectivity index (χ1) is 5.13. The lowest BCUT2D eigenvalue weighted by Gasteiger charge is -2.01. The van der Waals surface area contributed by atoms with E-state index in [9.17, 15) is 8.78 Å².